The number of aromatic nitrogens is 2. The average Bonchev–Trinajstić information content (AvgIpc) is 2.62. The number of carbonyl (C=O) groups excluding carboxylic acids is 1. The minimum atomic E-state index is -0.298. The zero-order chi connectivity index (χ0) is 18.7. The molecule has 1 fully saturated rings. The number of halogens is 2. The summed E-state index contributed by atoms with van der Waals surface area (Å²) in [4.78, 5) is 15.3. The molecule has 0 aliphatic carbocycles. The molecular formula is C18H20Cl2N4O2. The molecule has 138 valence electrons. The second kappa shape index (κ2) is 8.10. The molecule has 1 saturated heterocycles. The molecule has 0 unspecified atom stereocenters. The summed E-state index contributed by atoms with van der Waals surface area (Å²) in [6.45, 7) is 1.57. The molecule has 0 saturated carbocycles. The van der Waals surface area contributed by atoms with E-state index in [9.17, 15) is 4.79 Å². The first-order valence-corrected chi connectivity index (χ1v) is 9.10. The summed E-state index contributed by atoms with van der Waals surface area (Å²) in [7, 11) is 3.37. The molecule has 1 aliphatic heterocycles. The Balaban J connectivity index is 1.69. The highest BCUT2D eigenvalue weighted by atomic mass is 35.5. The van der Waals surface area contributed by atoms with Crippen LogP contribution in [0.1, 0.15) is 12.8 Å². The molecule has 6 nitrogen and oxygen atoms in total. The van der Waals surface area contributed by atoms with E-state index in [-0.39, 0.29) is 12.2 Å². The van der Waals surface area contributed by atoms with Crippen LogP contribution in [0.25, 0.3) is 11.3 Å². The second-order valence-electron chi connectivity index (χ2n) is 6.39. The van der Waals surface area contributed by atoms with Crippen LogP contribution in [0.15, 0.2) is 30.5 Å². The highest BCUT2D eigenvalue weighted by Crippen LogP contribution is 2.31. The van der Waals surface area contributed by atoms with Gasteiger partial charge in [-0.2, -0.15) is 10.2 Å². The van der Waals surface area contributed by atoms with Crippen molar-refractivity contribution in [2.45, 2.75) is 18.9 Å². The van der Waals surface area contributed by atoms with Crippen LogP contribution in [-0.4, -0.2) is 54.5 Å². The minimum absolute atomic E-state index is 0.0545. The molecule has 26 heavy (non-hydrogen) atoms. The molecule has 0 N–H and O–H groups in total. The molecule has 1 aromatic carbocycles. The second-order valence-corrected chi connectivity index (χ2v) is 7.23. The number of ether oxygens (including phenoxy) is 1. The number of hydrogen-bond donors (Lipinski definition) is 0. The minimum Gasteiger partial charge on any atom is -0.446 e. The number of amides is 1. The van der Waals surface area contributed by atoms with Gasteiger partial charge >= 0.3 is 6.09 Å². The zero-order valence-corrected chi connectivity index (χ0v) is 16.2. The number of benzene rings is 1. The van der Waals surface area contributed by atoms with E-state index in [4.69, 9.17) is 27.9 Å². The lowest BCUT2D eigenvalue weighted by Crippen LogP contribution is -2.39. The van der Waals surface area contributed by atoms with Gasteiger partial charge in [0.25, 0.3) is 0 Å². The van der Waals surface area contributed by atoms with Crippen molar-refractivity contribution in [3.63, 3.8) is 0 Å². The van der Waals surface area contributed by atoms with Gasteiger partial charge in [-0.05, 0) is 24.3 Å². The van der Waals surface area contributed by atoms with Crippen molar-refractivity contribution >= 4 is 35.0 Å². The number of rotatable bonds is 3. The molecule has 0 bridgehead atoms. The molecule has 0 spiro atoms. The molecule has 1 aliphatic rings. The third-order valence-electron chi connectivity index (χ3n) is 4.29. The molecule has 2 heterocycles. The lowest BCUT2D eigenvalue weighted by atomic mass is 10.1. The van der Waals surface area contributed by atoms with Gasteiger partial charge in [0.1, 0.15) is 6.10 Å². The molecule has 3 rings (SSSR count). The van der Waals surface area contributed by atoms with Crippen molar-refractivity contribution < 1.29 is 9.53 Å². The summed E-state index contributed by atoms with van der Waals surface area (Å²) in [6.07, 6.45) is 2.94. The predicted molar refractivity (Wildman–Crippen MR) is 103 cm³/mol. The Bertz CT molecular complexity index is 793. The van der Waals surface area contributed by atoms with E-state index < -0.39 is 0 Å². The predicted octanol–water partition coefficient (Wildman–Crippen LogP) is 4.12. The van der Waals surface area contributed by atoms with E-state index in [2.05, 4.69) is 15.1 Å². The molecule has 1 aromatic heterocycles. The highest BCUT2D eigenvalue weighted by molar-refractivity contribution is 6.36. The van der Waals surface area contributed by atoms with E-state index in [1.165, 1.54) is 4.90 Å². The summed E-state index contributed by atoms with van der Waals surface area (Å²) >= 11 is 12.2. The number of hydrogen-bond acceptors (Lipinski definition) is 5. The van der Waals surface area contributed by atoms with Crippen molar-refractivity contribution in [1.29, 1.82) is 0 Å². The number of nitrogens with zero attached hydrogens (tertiary/aromatic N) is 4. The van der Waals surface area contributed by atoms with E-state index in [0.717, 1.165) is 37.2 Å². The lowest BCUT2D eigenvalue weighted by molar-refractivity contribution is 0.0626. The Hall–Kier alpha value is -2.05. The van der Waals surface area contributed by atoms with Crippen LogP contribution < -0.4 is 4.90 Å². The Kier molecular flexibility index (Phi) is 5.84. The highest BCUT2D eigenvalue weighted by Gasteiger charge is 2.23. The van der Waals surface area contributed by atoms with Gasteiger partial charge in [-0.25, -0.2) is 4.79 Å². The maximum Gasteiger partial charge on any atom is 0.409 e. The summed E-state index contributed by atoms with van der Waals surface area (Å²) in [5, 5.41) is 9.43. The van der Waals surface area contributed by atoms with Crippen molar-refractivity contribution in [1.82, 2.24) is 15.1 Å². The quantitative estimate of drug-likeness (QED) is 0.783. The number of carbonyl (C=O) groups is 1. The number of piperidine rings is 1. The summed E-state index contributed by atoms with van der Waals surface area (Å²) in [5.74, 6) is 0. The Labute approximate surface area is 162 Å². The Morgan fingerprint density at radius 3 is 2.62 bits per heavy atom. The van der Waals surface area contributed by atoms with Crippen molar-refractivity contribution in [3.8, 4) is 11.3 Å². The topological polar surface area (TPSA) is 58.6 Å². The smallest absolute Gasteiger partial charge is 0.409 e. The van der Waals surface area contributed by atoms with Gasteiger partial charge in [0.2, 0.25) is 0 Å². The van der Waals surface area contributed by atoms with Crippen LogP contribution in [-0.2, 0) is 4.74 Å². The fraction of sp³-hybridized carbons (Fsp3) is 0.389. The summed E-state index contributed by atoms with van der Waals surface area (Å²) < 4.78 is 5.46. The summed E-state index contributed by atoms with van der Waals surface area (Å²) in [6, 6.07) is 7.28. The molecule has 0 atom stereocenters. The first-order chi connectivity index (χ1) is 12.4. The van der Waals surface area contributed by atoms with Gasteiger partial charge in [0.05, 0.1) is 22.6 Å². The maximum atomic E-state index is 11.7. The first-order valence-electron chi connectivity index (χ1n) is 8.35. The third kappa shape index (κ3) is 4.37. The van der Waals surface area contributed by atoms with Gasteiger partial charge < -0.3 is 14.5 Å². The standard InChI is InChI=1S/C18H20Cl2N4O2/c1-23(2)18(25)26-14-5-7-24(8-6-14)13-10-17(22-21-11-13)15-4-3-12(19)9-16(15)20/h3-4,9-11,14H,5-8H2,1-2H3. The van der Waals surface area contributed by atoms with Crippen LogP contribution in [0.2, 0.25) is 10.0 Å². The SMILES string of the molecule is CN(C)C(=O)OC1CCN(c2cnnc(-c3ccc(Cl)cc3Cl)c2)CC1. The van der Waals surface area contributed by atoms with Crippen LogP contribution in [0.4, 0.5) is 10.5 Å². The fourth-order valence-electron chi connectivity index (χ4n) is 2.84. The van der Waals surface area contributed by atoms with Crippen molar-refractivity contribution in [3.05, 3.63) is 40.5 Å². The number of anilines is 1. The van der Waals surface area contributed by atoms with Crippen LogP contribution in [0, 0.1) is 0 Å². The maximum absolute atomic E-state index is 11.7. The van der Waals surface area contributed by atoms with Gasteiger partial charge in [-0.1, -0.05) is 23.2 Å². The molecule has 0 radical (unpaired) electrons. The van der Waals surface area contributed by atoms with E-state index in [1.54, 1.807) is 32.4 Å². The van der Waals surface area contributed by atoms with Crippen LogP contribution >= 0.6 is 23.2 Å². The largest absolute Gasteiger partial charge is 0.446 e. The fourth-order valence-corrected chi connectivity index (χ4v) is 3.34. The third-order valence-corrected chi connectivity index (χ3v) is 4.83. The summed E-state index contributed by atoms with van der Waals surface area (Å²) in [5.41, 5.74) is 2.46. The normalized spacial score (nSPS) is 15.0. The Morgan fingerprint density at radius 2 is 1.96 bits per heavy atom. The molecule has 1 amide bonds. The van der Waals surface area contributed by atoms with Crippen molar-refractivity contribution in [2.24, 2.45) is 0 Å². The lowest BCUT2D eigenvalue weighted by Gasteiger charge is -2.33. The van der Waals surface area contributed by atoms with E-state index in [1.807, 2.05) is 12.1 Å². The monoisotopic (exact) mass is 394 g/mol. The van der Waals surface area contributed by atoms with E-state index >= 15 is 0 Å². The zero-order valence-electron chi connectivity index (χ0n) is 14.7. The molecule has 8 heteroatoms. The van der Waals surface area contributed by atoms with Gasteiger partial charge in [-0.15, -0.1) is 0 Å². The van der Waals surface area contributed by atoms with Crippen LogP contribution in [0.5, 0.6) is 0 Å². The molecular weight excluding hydrogens is 375 g/mol. The first kappa shape index (κ1) is 18.7. The van der Waals surface area contributed by atoms with Crippen molar-refractivity contribution in [2.75, 3.05) is 32.1 Å². The Morgan fingerprint density at radius 1 is 1.23 bits per heavy atom. The van der Waals surface area contributed by atoms with Crippen LogP contribution in [0.3, 0.4) is 0 Å². The van der Waals surface area contributed by atoms with E-state index in [0.29, 0.717) is 15.7 Å². The van der Waals surface area contributed by atoms with Gasteiger partial charge in [0, 0.05) is 50.6 Å². The van der Waals surface area contributed by atoms with Gasteiger partial charge in [0.15, 0.2) is 0 Å². The van der Waals surface area contributed by atoms with Gasteiger partial charge in [-0.3, -0.25) is 0 Å². The molecule has 2 aromatic rings. The average molecular weight is 395 g/mol.